The number of nitrogens with zero attached hydrogens (tertiary/aromatic N) is 1. The number of hydrogen-bond donors (Lipinski definition) is 3. The van der Waals surface area contributed by atoms with E-state index in [1.165, 1.54) is 6.07 Å². The molecule has 0 saturated heterocycles. The molecule has 3 N–H and O–H groups in total. The molecule has 8 heteroatoms. The normalized spacial score (nSPS) is 19.7. The first-order valence-corrected chi connectivity index (χ1v) is 9.25. The minimum Gasteiger partial charge on any atom is -0.372 e. The van der Waals surface area contributed by atoms with Crippen molar-refractivity contribution in [3.63, 3.8) is 0 Å². The molecule has 1 aliphatic carbocycles. The fraction of sp³-hybridized carbons (Fsp3) is 0.667. The van der Waals surface area contributed by atoms with Gasteiger partial charge in [0.15, 0.2) is 0 Å². The van der Waals surface area contributed by atoms with Crippen LogP contribution in [0.15, 0.2) is 16.9 Å². The van der Waals surface area contributed by atoms with Crippen LogP contribution in [-0.2, 0) is 20.7 Å². The van der Waals surface area contributed by atoms with Crippen LogP contribution in [0.1, 0.15) is 44.7 Å². The summed E-state index contributed by atoms with van der Waals surface area (Å²) in [4.78, 5) is 34.7. The van der Waals surface area contributed by atoms with E-state index >= 15 is 0 Å². The van der Waals surface area contributed by atoms with Gasteiger partial charge < -0.3 is 15.4 Å². The molecule has 0 radical (unpaired) electrons. The van der Waals surface area contributed by atoms with Gasteiger partial charge in [-0.15, -0.1) is 0 Å². The summed E-state index contributed by atoms with van der Waals surface area (Å²) in [6.07, 6.45) is 4.77. The Balaban J connectivity index is 1.68. The highest BCUT2D eigenvalue weighted by molar-refractivity contribution is 5.77. The number of aryl methyl sites for hydroxylation is 1. The number of carbonyl (C=O) groups is 2. The van der Waals surface area contributed by atoms with Gasteiger partial charge in [0.05, 0.1) is 5.69 Å². The highest BCUT2D eigenvalue weighted by Gasteiger charge is 2.23. The lowest BCUT2D eigenvalue weighted by molar-refractivity contribution is -0.126. The molecule has 1 heterocycles. The Morgan fingerprint density at radius 1 is 1.31 bits per heavy atom. The maximum absolute atomic E-state index is 12.1. The monoisotopic (exact) mass is 364 g/mol. The van der Waals surface area contributed by atoms with Crippen LogP contribution in [0.4, 0.5) is 0 Å². The van der Waals surface area contributed by atoms with Crippen LogP contribution in [0.3, 0.4) is 0 Å². The van der Waals surface area contributed by atoms with Gasteiger partial charge in [-0.3, -0.25) is 14.4 Å². The van der Waals surface area contributed by atoms with Crippen LogP contribution in [0, 0.1) is 5.92 Å². The van der Waals surface area contributed by atoms with Crippen LogP contribution >= 0.6 is 0 Å². The SMILES string of the molecule is CCOCC(=O)NC[C@@H]1CCC[C@H](NC(=O)CCc2ccc(=O)[nH]n2)C1. The zero-order chi connectivity index (χ0) is 18.8. The third-order valence-corrected chi connectivity index (χ3v) is 4.52. The number of aromatic nitrogens is 2. The first-order chi connectivity index (χ1) is 12.6. The van der Waals surface area contributed by atoms with Crippen molar-refractivity contribution in [2.75, 3.05) is 19.8 Å². The number of H-pyrrole nitrogens is 1. The van der Waals surface area contributed by atoms with Gasteiger partial charge >= 0.3 is 0 Å². The highest BCUT2D eigenvalue weighted by Crippen LogP contribution is 2.23. The van der Waals surface area contributed by atoms with Crippen LogP contribution in [0.2, 0.25) is 0 Å². The van der Waals surface area contributed by atoms with Gasteiger partial charge in [-0.25, -0.2) is 5.10 Å². The van der Waals surface area contributed by atoms with Gasteiger partial charge in [0, 0.05) is 38.1 Å². The number of carbonyl (C=O) groups excluding carboxylic acids is 2. The maximum Gasteiger partial charge on any atom is 0.264 e. The van der Waals surface area contributed by atoms with E-state index in [1.807, 2.05) is 6.92 Å². The molecule has 0 unspecified atom stereocenters. The second-order valence-corrected chi connectivity index (χ2v) is 6.65. The predicted molar refractivity (Wildman–Crippen MR) is 96.6 cm³/mol. The Hall–Kier alpha value is -2.22. The van der Waals surface area contributed by atoms with E-state index in [1.54, 1.807) is 6.07 Å². The smallest absolute Gasteiger partial charge is 0.264 e. The molecule has 2 atom stereocenters. The van der Waals surface area contributed by atoms with Crippen LogP contribution in [0.25, 0.3) is 0 Å². The van der Waals surface area contributed by atoms with Crippen molar-refractivity contribution in [2.45, 2.75) is 51.5 Å². The van der Waals surface area contributed by atoms with Gasteiger partial charge in [0.2, 0.25) is 11.8 Å². The molecule has 2 rings (SSSR count). The third kappa shape index (κ3) is 7.35. The average Bonchev–Trinajstić information content (AvgIpc) is 2.64. The molecule has 144 valence electrons. The fourth-order valence-corrected chi connectivity index (χ4v) is 3.17. The van der Waals surface area contributed by atoms with Crippen LogP contribution < -0.4 is 16.2 Å². The molecule has 1 fully saturated rings. The van der Waals surface area contributed by atoms with E-state index in [0.717, 1.165) is 25.7 Å². The minimum absolute atomic E-state index is 0.0102. The number of ether oxygens (including phenoxy) is 1. The zero-order valence-corrected chi connectivity index (χ0v) is 15.3. The largest absolute Gasteiger partial charge is 0.372 e. The fourth-order valence-electron chi connectivity index (χ4n) is 3.17. The Labute approximate surface area is 153 Å². The molecular weight excluding hydrogens is 336 g/mol. The average molecular weight is 364 g/mol. The van der Waals surface area contributed by atoms with Gasteiger partial charge in [0.25, 0.3) is 5.56 Å². The molecule has 1 aliphatic rings. The first-order valence-electron chi connectivity index (χ1n) is 9.25. The van der Waals surface area contributed by atoms with Crippen LogP contribution in [-0.4, -0.2) is 47.8 Å². The van der Waals surface area contributed by atoms with E-state index in [-0.39, 0.29) is 30.0 Å². The lowest BCUT2D eigenvalue weighted by atomic mass is 9.85. The van der Waals surface area contributed by atoms with Crippen molar-refractivity contribution in [3.8, 4) is 0 Å². The minimum atomic E-state index is -0.250. The molecule has 0 spiro atoms. The Morgan fingerprint density at radius 3 is 2.88 bits per heavy atom. The van der Waals surface area contributed by atoms with Gasteiger partial charge in [-0.1, -0.05) is 6.42 Å². The van der Waals surface area contributed by atoms with E-state index in [2.05, 4.69) is 20.8 Å². The lowest BCUT2D eigenvalue weighted by Gasteiger charge is -2.30. The quantitative estimate of drug-likeness (QED) is 0.592. The molecule has 0 aromatic carbocycles. The van der Waals surface area contributed by atoms with Gasteiger partial charge in [0.1, 0.15) is 6.61 Å². The Morgan fingerprint density at radius 2 is 2.15 bits per heavy atom. The first kappa shape index (κ1) is 20.1. The standard InChI is InChI=1S/C18H28N4O4/c1-2-26-12-18(25)19-11-13-4-3-5-15(10-13)20-16(23)8-6-14-7-9-17(24)22-21-14/h7,9,13,15H,2-6,8,10-12H2,1H3,(H,19,25)(H,20,23)(H,22,24)/t13-,15+/m1/s1. The molecule has 2 amide bonds. The summed E-state index contributed by atoms with van der Waals surface area (Å²) in [5, 5.41) is 12.2. The lowest BCUT2D eigenvalue weighted by Crippen LogP contribution is -2.41. The molecule has 26 heavy (non-hydrogen) atoms. The number of rotatable bonds is 9. The molecule has 8 nitrogen and oxygen atoms in total. The van der Waals surface area contributed by atoms with Crippen molar-refractivity contribution in [1.29, 1.82) is 0 Å². The molecule has 0 aliphatic heterocycles. The summed E-state index contributed by atoms with van der Waals surface area (Å²) in [6.45, 7) is 3.11. The van der Waals surface area contributed by atoms with E-state index in [9.17, 15) is 14.4 Å². The van der Waals surface area contributed by atoms with Gasteiger partial charge in [-0.05, 0) is 38.2 Å². The summed E-state index contributed by atoms with van der Waals surface area (Å²) >= 11 is 0. The number of aromatic amines is 1. The third-order valence-electron chi connectivity index (χ3n) is 4.52. The number of nitrogens with one attached hydrogen (secondary N) is 3. The topological polar surface area (TPSA) is 113 Å². The van der Waals surface area contributed by atoms with Crippen LogP contribution in [0.5, 0.6) is 0 Å². The van der Waals surface area contributed by atoms with Crippen molar-refractivity contribution in [3.05, 3.63) is 28.2 Å². The molecular formula is C18H28N4O4. The van der Waals surface area contributed by atoms with Gasteiger partial charge in [-0.2, -0.15) is 5.10 Å². The number of hydrogen-bond acceptors (Lipinski definition) is 5. The summed E-state index contributed by atoms with van der Waals surface area (Å²) in [5.74, 6) is 0.274. The second-order valence-electron chi connectivity index (χ2n) is 6.65. The van der Waals surface area contributed by atoms with Crippen molar-refractivity contribution in [1.82, 2.24) is 20.8 Å². The zero-order valence-electron chi connectivity index (χ0n) is 15.3. The Bertz CT molecular complexity index is 626. The Kier molecular flexibility index (Phi) is 8.27. The van der Waals surface area contributed by atoms with E-state index < -0.39 is 0 Å². The summed E-state index contributed by atoms with van der Waals surface area (Å²) < 4.78 is 5.09. The van der Waals surface area contributed by atoms with Crippen molar-refractivity contribution >= 4 is 11.8 Å². The molecule has 1 aromatic rings. The molecule has 0 bridgehead atoms. The second kappa shape index (κ2) is 10.7. The summed E-state index contributed by atoms with van der Waals surface area (Å²) in [7, 11) is 0. The van der Waals surface area contributed by atoms with Crippen molar-refractivity contribution in [2.24, 2.45) is 5.92 Å². The summed E-state index contributed by atoms with van der Waals surface area (Å²) in [5.41, 5.74) is 0.443. The predicted octanol–water partition coefficient (Wildman–Crippen LogP) is 0.530. The van der Waals surface area contributed by atoms with E-state index in [4.69, 9.17) is 4.74 Å². The van der Waals surface area contributed by atoms with Crippen molar-refractivity contribution < 1.29 is 14.3 Å². The highest BCUT2D eigenvalue weighted by atomic mass is 16.5. The summed E-state index contributed by atoms with van der Waals surface area (Å²) in [6, 6.07) is 3.19. The molecule has 1 aromatic heterocycles. The maximum atomic E-state index is 12.1. The molecule has 1 saturated carbocycles. The van der Waals surface area contributed by atoms with E-state index in [0.29, 0.717) is 37.6 Å². The number of amides is 2.